The van der Waals surface area contributed by atoms with Crippen molar-refractivity contribution >= 4 is 16.9 Å². The largest absolute Gasteiger partial charge is 0.454 e. The van der Waals surface area contributed by atoms with Gasteiger partial charge in [0.15, 0.2) is 11.5 Å². The first-order valence-electron chi connectivity index (χ1n) is 8.81. The highest BCUT2D eigenvalue weighted by Crippen LogP contribution is 2.36. The van der Waals surface area contributed by atoms with Crippen molar-refractivity contribution in [2.75, 3.05) is 6.79 Å². The topological polar surface area (TPSA) is 76.2 Å². The van der Waals surface area contributed by atoms with E-state index < -0.39 is 0 Å². The Morgan fingerprint density at radius 1 is 1.23 bits per heavy atom. The molecule has 2 N–H and O–H groups in total. The van der Waals surface area contributed by atoms with Crippen LogP contribution in [0, 0.1) is 5.92 Å². The second kappa shape index (κ2) is 6.71. The first-order valence-corrected chi connectivity index (χ1v) is 8.81. The van der Waals surface area contributed by atoms with Crippen molar-refractivity contribution in [2.24, 2.45) is 5.92 Å². The number of hydrogen-bond acceptors (Lipinski definition) is 4. The summed E-state index contributed by atoms with van der Waals surface area (Å²) in [6, 6.07) is 13.0. The van der Waals surface area contributed by atoms with Gasteiger partial charge in [-0.1, -0.05) is 38.5 Å². The van der Waals surface area contributed by atoms with E-state index in [0.717, 1.165) is 23.3 Å². The minimum Gasteiger partial charge on any atom is -0.454 e. The zero-order valence-electron chi connectivity index (χ0n) is 14.8. The van der Waals surface area contributed by atoms with Gasteiger partial charge in [-0.2, -0.15) is 0 Å². The smallest absolute Gasteiger partial charge is 0.255 e. The maximum absolute atomic E-state index is 12.9. The molecule has 2 aromatic carbocycles. The number of imidazole rings is 1. The van der Waals surface area contributed by atoms with E-state index in [-0.39, 0.29) is 24.7 Å². The Morgan fingerprint density at radius 2 is 2.08 bits per heavy atom. The summed E-state index contributed by atoms with van der Waals surface area (Å²) in [6.07, 6.45) is 0.911. The molecule has 4 rings (SSSR count). The van der Waals surface area contributed by atoms with Gasteiger partial charge in [-0.15, -0.1) is 0 Å². The molecule has 0 bridgehead atoms. The van der Waals surface area contributed by atoms with Crippen molar-refractivity contribution in [1.29, 1.82) is 0 Å². The van der Waals surface area contributed by atoms with Gasteiger partial charge in [0.05, 0.1) is 22.6 Å². The lowest BCUT2D eigenvalue weighted by Gasteiger charge is -2.22. The lowest BCUT2D eigenvalue weighted by Crippen LogP contribution is -2.33. The van der Waals surface area contributed by atoms with Crippen LogP contribution in [0.25, 0.3) is 11.0 Å². The van der Waals surface area contributed by atoms with E-state index in [4.69, 9.17) is 9.47 Å². The fraction of sp³-hybridized carbons (Fsp3) is 0.300. The van der Waals surface area contributed by atoms with Crippen molar-refractivity contribution in [3.63, 3.8) is 0 Å². The first kappa shape index (κ1) is 16.4. The molecule has 2 unspecified atom stereocenters. The molecule has 134 valence electrons. The summed E-state index contributed by atoms with van der Waals surface area (Å²) in [7, 11) is 0. The summed E-state index contributed by atoms with van der Waals surface area (Å²) in [4.78, 5) is 20.9. The van der Waals surface area contributed by atoms with Crippen LogP contribution in [0.2, 0.25) is 0 Å². The highest BCUT2D eigenvalue weighted by molar-refractivity contribution is 5.98. The minimum absolute atomic E-state index is 0.137. The number of nitrogens with zero attached hydrogens (tertiary/aromatic N) is 1. The van der Waals surface area contributed by atoms with E-state index >= 15 is 0 Å². The van der Waals surface area contributed by atoms with Gasteiger partial charge in [0, 0.05) is 0 Å². The molecule has 26 heavy (non-hydrogen) atoms. The van der Waals surface area contributed by atoms with Gasteiger partial charge in [-0.25, -0.2) is 4.98 Å². The molecule has 0 aliphatic carbocycles. The Morgan fingerprint density at radius 3 is 2.88 bits per heavy atom. The van der Waals surface area contributed by atoms with Crippen LogP contribution in [0.3, 0.4) is 0 Å². The standard InChI is InChI=1S/C20H21N3O3/c1-3-12(2)17(19-21-14-8-4-5-9-15(14)22-19)23-20(24)13-7-6-10-16-18(13)26-11-25-16/h4-10,12,17H,3,11H2,1-2H3,(H,21,22)(H,23,24). The highest BCUT2D eigenvalue weighted by Gasteiger charge is 2.27. The number of carbonyl (C=O) groups excluding carboxylic acids is 1. The summed E-state index contributed by atoms with van der Waals surface area (Å²) in [5.74, 6) is 1.88. The van der Waals surface area contributed by atoms with E-state index in [9.17, 15) is 4.79 Å². The second-order valence-electron chi connectivity index (χ2n) is 6.52. The number of hydrogen-bond donors (Lipinski definition) is 2. The molecule has 0 spiro atoms. The van der Waals surface area contributed by atoms with Crippen LogP contribution in [0.15, 0.2) is 42.5 Å². The summed E-state index contributed by atoms with van der Waals surface area (Å²) >= 11 is 0. The average molecular weight is 351 g/mol. The van der Waals surface area contributed by atoms with Crippen LogP contribution < -0.4 is 14.8 Å². The summed E-state index contributed by atoms with van der Waals surface area (Å²) in [6.45, 7) is 4.34. The summed E-state index contributed by atoms with van der Waals surface area (Å²) in [5.41, 5.74) is 2.33. The predicted octanol–water partition coefficient (Wildman–Crippen LogP) is 3.81. The van der Waals surface area contributed by atoms with Gasteiger partial charge in [0.2, 0.25) is 6.79 Å². The van der Waals surface area contributed by atoms with E-state index in [1.165, 1.54) is 0 Å². The second-order valence-corrected chi connectivity index (χ2v) is 6.52. The number of fused-ring (bicyclic) bond motifs is 2. The third-order valence-corrected chi connectivity index (χ3v) is 4.84. The predicted molar refractivity (Wildman–Crippen MR) is 98.3 cm³/mol. The number of carbonyl (C=O) groups is 1. The molecule has 0 saturated heterocycles. The van der Waals surface area contributed by atoms with Crippen LogP contribution in [0.1, 0.15) is 42.5 Å². The number of para-hydroxylation sites is 3. The number of ether oxygens (including phenoxy) is 2. The van der Waals surface area contributed by atoms with Crippen molar-refractivity contribution in [1.82, 2.24) is 15.3 Å². The molecule has 2 heterocycles. The number of H-pyrrole nitrogens is 1. The van der Waals surface area contributed by atoms with Crippen molar-refractivity contribution in [3.05, 3.63) is 53.9 Å². The molecule has 2 atom stereocenters. The Bertz CT molecular complexity index is 917. The summed E-state index contributed by atoms with van der Waals surface area (Å²) in [5, 5.41) is 3.12. The third kappa shape index (κ3) is 2.87. The van der Waals surface area contributed by atoms with Crippen LogP contribution in [0.4, 0.5) is 0 Å². The Labute approximate surface area is 151 Å². The van der Waals surface area contributed by atoms with E-state index in [1.807, 2.05) is 24.3 Å². The molecular formula is C20H21N3O3. The molecule has 0 saturated carbocycles. The molecule has 1 aliphatic rings. The molecule has 6 heteroatoms. The number of aromatic nitrogens is 2. The van der Waals surface area contributed by atoms with E-state index in [2.05, 4.69) is 29.1 Å². The van der Waals surface area contributed by atoms with Gasteiger partial charge < -0.3 is 19.8 Å². The van der Waals surface area contributed by atoms with Crippen molar-refractivity contribution in [2.45, 2.75) is 26.3 Å². The maximum Gasteiger partial charge on any atom is 0.255 e. The highest BCUT2D eigenvalue weighted by atomic mass is 16.7. The molecule has 3 aromatic rings. The molecule has 1 amide bonds. The molecule has 6 nitrogen and oxygen atoms in total. The molecule has 0 fully saturated rings. The van der Waals surface area contributed by atoms with Crippen molar-refractivity contribution < 1.29 is 14.3 Å². The van der Waals surface area contributed by atoms with Crippen LogP contribution in [0.5, 0.6) is 11.5 Å². The molecule has 0 radical (unpaired) electrons. The lowest BCUT2D eigenvalue weighted by molar-refractivity contribution is 0.0915. The number of benzene rings is 2. The van der Waals surface area contributed by atoms with E-state index in [0.29, 0.717) is 17.1 Å². The normalized spacial score (nSPS) is 15.0. The fourth-order valence-electron chi connectivity index (χ4n) is 3.16. The zero-order chi connectivity index (χ0) is 18.1. The van der Waals surface area contributed by atoms with Gasteiger partial charge in [-0.3, -0.25) is 4.79 Å². The molecular weight excluding hydrogens is 330 g/mol. The van der Waals surface area contributed by atoms with Crippen LogP contribution in [-0.2, 0) is 0 Å². The SMILES string of the molecule is CCC(C)C(NC(=O)c1cccc2c1OCO2)c1nc2ccccc2[nH]1. The number of rotatable bonds is 5. The number of nitrogens with one attached hydrogen (secondary N) is 2. The Balaban J connectivity index is 1.65. The third-order valence-electron chi connectivity index (χ3n) is 4.84. The molecule has 1 aliphatic heterocycles. The first-order chi connectivity index (χ1) is 12.7. The molecule has 1 aromatic heterocycles. The Kier molecular flexibility index (Phi) is 4.24. The quantitative estimate of drug-likeness (QED) is 0.733. The van der Waals surface area contributed by atoms with Gasteiger partial charge in [-0.05, 0) is 30.2 Å². The monoisotopic (exact) mass is 351 g/mol. The fourth-order valence-corrected chi connectivity index (χ4v) is 3.16. The average Bonchev–Trinajstić information content (AvgIpc) is 3.31. The Hall–Kier alpha value is -3.02. The van der Waals surface area contributed by atoms with E-state index in [1.54, 1.807) is 18.2 Å². The number of aromatic amines is 1. The van der Waals surface area contributed by atoms with Crippen molar-refractivity contribution in [3.8, 4) is 11.5 Å². The minimum atomic E-state index is -0.224. The van der Waals surface area contributed by atoms with Gasteiger partial charge in [0.25, 0.3) is 5.91 Å². The maximum atomic E-state index is 12.9. The zero-order valence-corrected chi connectivity index (χ0v) is 14.8. The number of amides is 1. The van der Waals surface area contributed by atoms with Gasteiger partial charge in [0.1, 0.15) is 5.82 Å². The van der Waals surface area contributed by atoms with Gasteiger partial charge >= 0.3 is 0 Å². The summed E-state index contributed by atoms with van der Waals surface area (Å²) < 4.78 is 10.8. The van der Waals surface area contributed by atoms with Crippen LogP contribution in [-0.4, -0.2) is 22.7 Å². The van der Waals surface area contributed by atoms with Crippen LogP contribution >= 0.6 is 0 Å². The lowest BCUT2D eigenvalue weighted by atomic mass is 9.98.